The molecule has 1 unspecified atom stereocenters. The number of aliphatic carboxylic acids is 1. The highest BCUT2D eigenvalue weighted by atomic mass is 16.6. The van der Waals surface area contributed by atoms with Crippen molar-refractivity contribution < 1.29 is 24.2 Å². The molecule has 17 heavy (non-hydrogen) atoms. The van der Waals surface area contributed by atoms with Crippen LogP contribution in [0.2, 0.25) is 0 Å². The van der Waals surface area contributed by atoms with E-state index in [2.05, 4.69) is 5.32 Å². The lowest BCUT2D eigenvalue weighted by molar-refractivity contribution is -0.148. The highest BCUT2D eigenvalue weighted by molar-refractivity contribution is 5.81. The quantitative estimate of drug-likeness (QED) is 0.715. The molecule has 1 aliphatic carbocycles. The summed E-state index contributed by atoms with van der Waals surface area (Å²) >= 11 is 0. The normalized spacial score (nSPS) is 33.3. The van der Waals surface area contributed by atoms with Crippen molar-refractivity contribution in [1.82, 2.24) is 5.32 Å². The maximum absolute atomic E-state index is 11.8. The lowest BCUT2D eigenvalue weighted by atomic mass is 10.1. The van der Waals surface area contributed by atoms with E-state index >= 15 is 0 Å². The monoisotopic (exact) mass is 243 g/mol. The van der Waals surface area contributed by atoms with E-state index in [0.717, 1.165) is 6.42 Å². The second-order valence-electron chi connectivity index (χ2n) is 4.49. The van der Waals surface area contributed by atoms with Gasteiger partial charge in [0.15, 0.2) is 6.10 Å². The summed E-state index contributed by atoms with van der Waals surface area (Å²) in [5, 5.41) is 11.7. The van der Waals surface area contributed by atoms with Gasteiger partial charge in [0, 0.05) is 6.04 Å². The Balaban J connectivity index is 1.77. The molecule has 6 nitrogen and oxygen atoms in total. The maximum Gasteiger partial charge on any atom is 0.306 e. The average molecular weight is 243 g/mol. The van der Waals surface area contributed by atoms with Crippen LogP contribution < -0.4 is 5.32 Å². The minimum Gasteiger partial charge on any atom is -0.481 e. The van der Waals surface area contributed by atoms with Gasteiger partial charge >= 0.3 is 5.97 Å². The van der Waals surface area contributed by atoms with Gasteiger partial charge in [-0.2, -0.15) is 0 Å². The van der Waals surface area contributed by atoms with E-state index < -0.39 is 12.1 Å². The third-order valence-corrected chi connectivity index (χ3v) is 3.24. The first-order valence-electron chi connectivity index (χ1n) is 5.89. The topological polar surface area (TPSA) is 84.9 Å². The molecular weight excluding hydrogens is 226 g/mol. The number of rotatable bonds is 3. The molecule has 0 spiro atoms. The Morgan fingerprint density at radius 1 is 1.24 bits per heavy atom. The van der Waals surface area contributed by atoms with E-state index in [1.807, 2.05) is 0 Å². The second kappa shape index (κ2) is 5.46. The van der Waals surface area contributed by atoms with Crippen molar-refractivity contribution in [1.29, 1.82) is 0 Å². The Morgan fingerprint density at radius 2 is 2.06 bits per heavy atom. The Kier molecular flexibility index (Phi) is 3.96. The van der Waals surface area contributed by atoms with Crippen LogP contribution in [0.5, 0.6) is 0 Å². The van der Waals surface area contributed by atoms with Crippen LogP contribution in [0, 0.1) is 5.92 Å². The van der Waals surface area contributed by atoms with Crippen molar-refractivity contribution in [2.24, 2.45) is 5.92 Å². The molecule has 1 heterocycles. The molecule has 1 aliphatic heterocycles. The number of carboxylic acid groups (broad SMARTS) is 1. The van der Waals surface area contributed by atoms with Gasteiger partial charge in [-0.15, -0.1) is 0 Å². The van der Waals surface area contributed by atoms with Crippen LogP contribution in [0.25, 0.3) is 0 Å². The van der Waals surface area contributed by atoms with Gasteiger partial charge in [0.1, 0.15) is 0 Å². The summed E-state index contributed by atoms with van der Waals surface area (Å²) in [6.45, 7) is 1.23. The average Bonchev–Trinajstić information content (AvgIpc) is 2.79. The van der Waals surface area contributed by atoms with Gasteiger partial charge in [-0.3, -0.25) is 9.59 Å². The van der Waals surface area contributed by atoms with E-state index in [1.165, 1.54) is 0 Å². The zero-order valence-corrected chi connectivity index (χ0v) is 9.55. The summed E-state index contributed by atoms with van der Waals surface area (Å²) in [7, 11) is 0. The van der Waals surface area contributed by atoms with Gasteiger partial charge in [-0.1, -0.05) is 0 Å². The van der Waals surface area contributed by atoms with Gasteiger partial charge in [0.2, 0.25) is 0 Å². The van der Waals surface area contributed by atoms with E-state index in [4.69, 9.17) is 14.6 Å². The molecule has 1 saturated carbocycles. The maximum atomic E-state index is 11.8. The van der Waals surface area contributed by atoms with Crippen LogP contribution in [-0.4, -0.2) is 48.9 Å². The van der Waals surface area contributed by atoms with Gasteiger partial charge in [0.25, 0.3) is 5.91 Å². The molecule has 2 rings (SSSR count). The summed E-state index contributed by atoms with van der Waals surface area (Å²) in [6, 6.07) is -0.0471. The number of carbonyl (C=O) groups excluding carboxylic acids is 1. The third kappa shape index (κ3) is 3.17. The molecule has 0 radical (unpaired) electrons. The SMILES string of the molecule is O=C(N[C@H]1CC[C@@H](C(=O)O)C1)C1COCCO1. The lowest BCUT2D eigenvalue weighted by Gasteiger charge is -2.23. The predicted octanol–water partition coefficient (Wildman–Crippen LogP) is -0.229. The Morgan fingerprint density at radius 3 is 2.65 bits per heavy atom. The molecule has 0 bridgehead atoms. The van der Waals surface area contributed by atoms with E-state index in [1.54, 1.807) is 0 Å². The van der Waals surface area contributed by atoms with Crippen molar-refractivity contribution in [3.8, 4) is 0 Å². The molecule has 0 aromatic heterocycles. The first-order valence-corrected chi connectivity index (χ1v) is 5.89. The fourth-order valence-electron chi connectivity index (χ4n) is 2.27. The van der Waals surface area contributed by atoms with Crippen molar-refractivity contribution in [2.45, 2.75) is 31.4 Å². The fraction of sp³-hybridized carbons (Fsp3) is 0.818. The summed E-state index contributed by atoms with van der Waals surface area (Å²) in [4.78, 5) is 22.5. The largest absolute Gasteiger partial charge is 0.481 e. The number of nitrogens with one attached hydrogen (secondary N) is 1. The zero-order chi connectivity index (χ0) is 12.3. The van der Waals surface area contributed by atoms with Crippen molar-refractivity contribution in [3.05, 3.63) is 0 Å². The fourth-order valence-corrected chi connectivity index (χ4v) is 2.27. The lowest BCUT2D eigenvalue weighted by Crippen LogP contribution is -2.46. The Hall–Kier alpha value is -1.14. The van der Waals surface area contributed by atoms with E-state index in [-0.39, 0.29) is 24.5 Å². The molecule has 2 N–H and O–H groups in total. The van der Waals surface area contributed by atoms with Crippen molar-refractivity contribution in [3.63, 3.8) is 0 Å². The van der Waals surface area contributed by atoms with Crippen LogP contribution in [0.15, 0.2) is 0 Å². The second-order valence-corrected chi connectivity index (χ2v) is 4.49. The number of carboxylic acids is 1. The molecule has 0 aromatic rings. The standard InChI is InChI=1S/C11H17NO5/c13-10(9-6-16-3-4-17-9)12-8-2-1-7(5-8)11(14)15/h7-9H,1-6H2,(H,12,13)(H,14,15)/t7-,8+,9?/m1/s1. The smallest absolute Gasteiger partial charge is 0.306 e. The molecule has 2 fully saturated rings. The summed E-state index contributed by atoms with van der Waals surface area (Å²) < 4.78 is 10.4. The van der Waals surface area contributed by atoms with Gasteiger partial charge in [-0.05, 0) is 19.3 Å². The zero-order valence-electron chi connectivity index (χ0n) is 9.55. The molecule has 1 amide bonds. The van der Waals surface area contributed by atoms with Gasteiger partial charge in [-0.25, -0.2) is 0 Å². The molecule has 2 aliphatic rings. The minimum absolute atomic E-state index is 0.0471. The molecule has 6 heteroatoms. The highest BCUT2D eigenvalue weighted by Gasteiger charge is 2.32. The van der Waals surface area contributed by atoms with Crippen molar-refractivity contribution in [2.75, 3.05) is 19.8 Å². The van der Waals surface area contributed by atoms with Crippen LogP contribution >= 0.6 is 0 Å². The van der Waals surface area contributed by atoms with E-state index in [0.29, 0.717) is 26.1 Å². The molecule has 96 valence electrons. The highest BCUT2D eigenvalue weighted by Crippen LogP contribution is 2.25. The third-order valence-electron chi connectivity index (χ3n) is 3.24. The van der Waals surface area contributed by atoms with Crippen molar-refractivity contribution >= 4 is 11.9 Å². The van der Waals surface area contributed by atoms with Crippen LogP contribution in [0.1, 0.15) is 19.3 Å². The summed E-state index contributed by atoms with van der Waals surface area (Å²) in [5.41, 5.74) is 0. The predicted molar refractivity (Wildman–Crippen MR) is 57.5 cm³/mol. The molecule has 1 saturated heterocycles. The number of carbonyl (C=O) groups is 2. The van der Waals surface area contributed by atoms with Gasteiger partial charge in [0.05, 0.1) is 25.7 Å². The van der Waals surface area contributed by atoms with Crippen LogP contribution in [0.4, 0.5) is 0 Å². The molecule has 0 aromatic carbocycles. The Bertz CT molecular complexity index is 300. The van der Waals surface area contributed by atoms with Gasteiger partial charge < -0.3 is 19.9 Å². The number of hydrogen-bond donors (Lipinski definition) is 2. The van der Waals surface area contributed by atoms with Crippen LogP contribution in [-0.2, 0) is 19.1 Å². The summed E-state index contributed by atoms with van der Waals surface area (Å²) in [6.07, 6.45) is 1.31. The first kappa shape index (κ1) is 12.3. The first-order chi connectivity index (χ1) is 8.16. The van der Waals surface area contributed by atoms with E-state index in [9.17, 15) is 9.59 Å². The summed E-state index contributed by atoms with van der Waals surface area (Å²) in [5.74, 6) is -1.30. The number of ether oxygens (including phenoxy) is 2. The molecule has 3 atom stereocenters. The van der Waals surface area contributed by atoms with Crippen LogP contribution in [0.3, 0.4) is 0 Å². The Labute approximate surface area is 99.3 Å². The minimum atomic E-state index is -0.779. The number of hydrogen-bond acceptors (Lipinski definition) is 4. The number of amides is 1. The molecular formula is C11H17NO5.